The number of hydrogen-bond acceptors (Lipinski definition) is 7. The number of hydrogen-bond donors (Lipinski definition) is 1. The van der Waals surface area contributed by atoms with Crippen molar-refractivity contribution in [3.63, 3.8) is 0 Å². The summed E-state index contributed by atoms with van der Waals surface area (Å²) in [6.45, 7) is 0.962. The van der Waals surface area contributed by atoms with E-state index in [0.29, 0.717) is 48.3 Å². The maximum Gasteiger partial charge on any atom is 0.320 e. The molecular weight excluding hydrogens is 486 g/mol. The molecule has 8 heteroatoms. The van der Waals surface area contributed by atoms with Crippen LogP contribution in [0, 0.1) is 0 Å². The van der Waals surface area contributed by atoms with Gasteiger partial charge in [0.1, 0.15) is 24.1 Å². The molecule has 3 aromatic carbocycles. The van der Waals surface area contributed by atoms with E-state index in [1.807, 2.05) is 65.6 Å². The Bertz CT molecular complexity index is 1210. The van der Waals surface area contributed by atoms with Crippen molar-refractivity contribution < 1.29 is 33.6 Å². The molecule has 0 amide bonds. The van der Waals surface area contributed by atoms with E-state index >= 15 is 0 Å². The summed E-state index contributed by atoms with van der Waals surface area (Å²) in [5, 5.41) is 10.1. The van der Waals surface area contributed by atoms with Crippen LogP contribution in [0.5, 0.6) is 28.7 Å². The average Bonchev–Trinajstić information content (AvgIpc) is 2.96. The van der Waals surface area contributed by atoms with Gasteiger partial charge in [0.2, 0.25) is 5.75 Å². The number of likely N-dealkylation sites (tertiary alicyclic amines) is 1. The van der Waals surface area contributed by atoms with Crippen molar-refractivity contribution in [1.82, 2.24) is 4.90 Å². The third-order valence-electron chi connectivity index (χ3n) is 6.92. The van der Waals surface area contributed by atoms with E-state index in [1.54, 1.807) is 28.4 Å². The average molecular weight is 522 g/mol. The molecule has 1 heterocycles. The van der Waals surface area contributed by atoms with E-state index in [4.69, 9.17) is 23.7 Å². The Balaban J connectivity index is 1.84. The number of nitrogens with zero attached hydrogens (tertiary/aromatic N) is 1. The summed E-state index contributed by atoms with van der Waals surface area (Å²) in [7, 11) is 6.36. The van der Waals surface area contributed by atoms with Gasteiger partial charge in [-0.3, -0.25) is 9.69 Å². The lowest BCUT2D eigenvalue weighted by Gasteiger charge is -2.40. The van der Waals surface area contributed by atoms with Crippen LogP contribution in [0.4, 0.5) is 0 Å². The molecule has 0 aliphatic carbocycles. The summed E-state index contributed by atoms with van der Waals surface area (Å²) >= 11 is 0. The molecule has 0 bridgehead atoms. The second kappa shape index (κ2) is 12.6. The van der Waals surface area contributed by atoms with Crippen molar-refractivity contribution in [3.05, 3.63) is 77.4 Å². The molecule has 38 heavy (non-hydrogen) atoms. The quantitative estimate of drug-likeness (QED) is 0.362. The minimum atomic E-state index is -0.844. The Morgan fingerprint density at radius 3 is 2.18 bits per heavy atom. The summed E-state index contributed by atoms with van der Waals surface area (Å²) in [5.41, 5.74) is 2.64. The number of aliphatic carboxylic acids is 1. The monoisotopic (exact) mass is 521 g/mol. The molecule has 1 aliphatic rings. The second-order valence-corrected chi connectivity index (χ2v) is 9.13. The van der Waals surface area contributed by atoms with Crippen LogP contribution in [0.1, 0.15) is 42.0 Å². The number of benzene rings is 3. The maximum atomic E-state index is 12.3. The van der Waals surface area contributed by atoms with Gasteiger partial charge in [0.05, 0.1) is 34.5 Å². The Kier molecular flexibility index (Phi) is 8.97. The molecule has 8 nitrogen and oxygen atoms in total. The van der Waals surface area contributed by atoms with Crippen LogP contribution in [0.15, 0.2) is 60.7 Å². The molecule has 4 rings (SSSR count). The minimum absolute atomic E-state index is 0.343. The summed E-state index contributed by atoms with van der Waals surface area (Å²) in [6.07, 6.45) is 2.32. The predicted octanol–water partition coefficient (Wildman–Crippen LogP) is 5.33. The summed E-state index contributed by atoms with van der Waals surface area (Å²) in [5.74, 6) is 1.89. The molecule has 1 saturated heterocycles. The molecule has 0 aromatic heterocycles. The zero-order valence-electron chi connectivity index (χ0n) is 22.3. The van der Waals surface area contributed by atoms with E-state index in [-0.39, 0.29) is 0 Å². The highest BCUT2D eigenvalue weighted by Crippen LogP contribution is 2.46. The SMILES string of the molecule is COc1ccc(C(c2cc(OC)c(OCc3ccccc3)c(OC)c2)N2CCCCC2C(=O)O)c(OC)c1. The maximum absolute atomic E-state index is 12.3. The Labute approximate surface area is 223 Å². The van der Waals surface area contributed by atoms with E-state index in [9.17, 15) is 9.90 Å². The normalized spacial score (nSPS) is 16.4. The zero-order chi connectivity index (χ0) is 27.1. The van der Waals surface area contributed by atoms with Crippen molar-refractivity contribution in [3.8, 4) is 28.7 Å². The lowest BCUT2D eigenvalue weighted by Crippen LogP contribution is -2.46. The van der Waals surface area contributed by atoms with Crippen LogP contribution in [-0.2, 0) is 11.4 Å². The van der Waals surface area contributed by atoms with Crippen LogP contribution < -0.4 is 23.7 Å². The molecule has 0 saturated carbocycles. The van der Waals surface area contributed by atoms with Crippen molar-refractivity contribution >= 4 is 5.97 Å². The Morgan fingerprint density at radius 2 is 1.58 bits per heavy atom. The van der Waals surface area contributed by atoms with Crippen LogP contribution in [0.2, 0.25) is 0 Å². The lowest BCUT2D eigenvalue weighted by molar-refractivity contribution is -0.145. The number of carbonyl (C=O) groups is 1. The molecule has 2 atom stereocenters. The van der Waals surface area contributed by atoms with E-state index in [0.717, 1.165) is 29.5 Å². The van der Waals surface area contributed by atoms with Crippen molar-refractivity contribution in [2.45, 2.75) is 38.0 Å². The first-order valence-corrected chi connectivity index (χ1v) is 12.6. The number of methoxy groups -OCH3 is 4. The molecular formula is C30H35NO7. The van der Waals surface area contributed by atoms with Gasteiger partial charge in [-0.2, -0.15) is 0 Å². The first-order valence-electron chi connectivity index (χ1n) is 12.6. The van der Waals surface area contributed by atoms with E-state index in [2.05, 4.69) is 0 Å². The van der Waals surface area contributed by atoms with Crippen molar-refractivity contribution in [1.29, 1.82) is 0 Å². The zero-order valence-corrected chi connectivity index (χ0v) is 22.3. The van der Waals surface area contributed by atoms with Gasteiger partial charge in [-0.15, -0.1) is 0 Å². The fourth-order valence-electron chi connectivity index (χ4n) is 5.05. The van der Waals surface area contributed by atoms with Gasteiger partial charge in [-0.25, -0.2) is 0 Å². The number of rotatable bonds is 11. The van der Waals surface area contributed by atoms with E-state index in [1.165, 1.54) is 0 Å². The van der Waals surface area contributed by atoms with Gasteiger partial charge in [0.15, 0.2) is 11.5 Å². The van der Waals surface area contributed by atoms with Crippen LogP contribution in [0.25, 0.3) is 0 Å². The molecule has 0 spiro atoms. The molecule has 1 N–H and O–H groups in total. The number of carboxylic acid groups (broad SMARTS) is 1. The predicted molar refractivity (Wildman–Crippen MR) is 144 cm³/mol. The van der Waals surface area contributed by atoms with Crippen LogP contribution in [0.3, 0.4) is 0 Å². The van der Waals surface area contributed by atoms with Gasteiger partial charge in [0.25, 0.3) is 0 Å². The number of carboxylic acids is 1. The molecule has 1 aliphatic heterocycles. The van der Waals surface area contributed by atoms with Gasteiger partial charge in [-0.05, 0) is 54.8 Å². The highest BCUT2D eigenvalue weighted by molar-refractivity contribution is 5.74. The third kappa shape index (κ3) is 5.81. The standard InChI is InChI=1S/C30H35NO7/c1-34-22-13-14-23(25(18-22)35-2)28(31-15-9-8-12-24(31)30(32)33)21-16-26(36-3)29(27(17-21)37-4)38-19-20-10-6-5-7-11-20/h5-7,10-11,13-14,16-18,24,28H,8-9,12,15,19H2,1-4H3,(H,32,33). The van der Waals surface area contributed by atoms with Gasteiger partial charge in [-0.1, -0.05) is 36.8 Å². The fraction of sp³-hybridized carbons (Fsp3) is 0.367. The first-order chi connectivity index (χ1) is 18.5. The fourth-order valence-corrected chi connectivity index (χ4v) is 5.05. The largest absolute Gasteiger partial charge is 0.497 e. The topological polar surface area (TPSA) is 86.7 Å². The summed E-state index contributed by atoms with van der Waals surface area (Å²) < 4.78 is 28.9. The van der Waals surface area contributed by atoms with E-state index < -0.39 is 18.1 Å². The molecule has 202 valence electrons. The Hall–Kier alpha value is -3.91. The molecule has 2 unspecified atom stereocenters. The highest BCUT2D eigenvalue weighted by Gasteiger charge is 2.37. The van der Waals surface area contributed by atoms with Gasteiger partial charge >= 0.3 is 5.97 Å². The van der Waals surface area contributed by atoms with Crippen molar-refractivity contribution in [2.75, 3.05) is 35.0 Å². The molecule has 1 fully saturated rings. The van der Waals surface area contributed by atoms with Crippen LogP contribution >= 0.6 is 0 Å². The Morgan fingerprint density at radius 1 is 0.895 bits per heavy atom. The first kappa shape index (κ1) is 27.1. The molecule has 0 radical (unpaired) electrons. The van der Waals surface area contributed by atoms with Crippen LogP contribution in [-0.4, -0.2) is 57.0 Å². The number of ether oxygens (including phenoxy) is 5. The molecule has 3 aromatic rings. The second-order valence-electron chi connectivity index (χ2n) is 9.13. The lowest BCUT2D eigenvalue weighted by atomic mass is 9.90. The summed E-state index contributed by atoms with van der Waals surface area (Å²) in [6, 6.07) is 18.1. The highest BCUT2D eigenvalue weighted by atomic mass is 16.5. The minimum Gasteiger partial charge on any atom is -0.497 e. The smallest absolute Gasteiger partial charge is 0.320 e. The number of piperidine rings is 1. The third-order valence-corrected chi connectivity index (χ3v) is 6.92. The van der Waals surface area contributed by atoms with Gasteiger partial charge in [0, 0.05) is 11.6 Å². The van der Waals surface area contributed by atoms with Crippen molar-refractivity contribution in [2.24, 2.45) is 0 Å². The van der Waals surface area contributed by atoms with Gasteiger partial charge < -0.3 is 28.8 Å². The summed E-state index contributed by atoms with van der Waals surface area (Å²) in [4.78, 5) is 14.4.